The first-order chi connectivity index (χ1) is 6.70. The van der Waals surface area contributed by atoms with Crippen LogP contribution in [0.4, 0.5) is 4.39 Å². The van der Waals surface area contributed by atoms with Gasteiger partial charge < -0.3 is 0 Å². The van der Waals surface area contributed by atoms with Gasteiger partial charge in [0.15, 0.2) is 0 Å². The van der Waals surface area contributed by atoms with Crippen molar-refractivity contribution in [3.63, 3.8) is 0 Å². The van der Waals surface area contributed by atoms with Gasteiger partial charge in [0.25, 0.3) is 0 Å². The molecule has 2 heterocycles. The maximum Gasteiger partial charge on any atom is 0.128 e. The predicted octanol–water partition coefficient (Wildman–Crippen LogP) is 2.42. The lowest BCUT2D eigenvalue weighted by Gasteiger charge is -2.32. The lowest BCUT2D eigenvalue weighted by Crippen LogP contribution is -2.44. The fourth-order valence-electron chi connectivity index (χ4n) is 4.06. The second kappa shape index (κ2) is 2.88. The van der Waals surface area contributed by atoms with Gasteiger partial charge >= 0.3 is 0 Å². The van der Waals surface area contributed by atoms with Gasteiger partial charge in [0.2, 0.25) is 0 Å². The van der Waals surface area contributed by atoms with Gasteiger partial charge in [-0.25, -0.2) is 4.39 Å². The van der Waals surface area contributed by atoms with Crippen molar-refractivity contribution in [2.45, 2.75) is 55.8 Å². The average molecular weight is 215 g/mol. The molecule has 3 rings (SSSR count). The van der Waals surface area contributed by atoms with E-state index in [-0.39, 0.29) is 11.6 Å². The molecule has 3 aliphatic rings. The summed E-state index contributed by atoms with van der Waals surface area (Å²) < 4.78 is 14.6. The zero-order valence-electron chi connectivity index (χ0n) is 8.51. The number of thiol groups is 1. The molecule has 3 heteroatoms. The van der Waals surface area contributed by atoms with Crippen LogP contribution in [0.3, 0.4) is 0 Å². The highest BCUT2D eigenvalue weighted by Crippen LogP contribution is 2.55. The van der Waals surface area contributed by atoms with Gasteiger partial charge in [-0.05, 0) is 38.6 Å². The topological polar surface area (TPSA) is 3.24 Å². The molecule has 2 saturated heterocycles. The zero-order valence-corrected chi connectivity index (χ0v) is 9.40. The van der Waals surface area contributed by atoms with E-state index in [9.17, 15) is 4.39 Å². The maximum absolute atomic E-state index is 14.6. The fourth-order valence-corrected chi connectivity index (χ4v) is 4.52. The number of rotatable bonds is 1. The van der Waals surface area contributed by atoms with Crippen molar-refractivity contribution in [3.8, 4) is 0 Å². The van der Waals surface area contributed by atoms with Crippen molar-refractivity contribution in [2.75, 3.05) is 12.3 Å². The molecule has 0 amide bonds. The maximum atomic E-state index is 14.6. The first-order valence-electron chi connectivity index (χ1n) is 5.77. The highest BCUT2D eigenvalue weighted by molar-refractivity contribution is 7.80. The first-order valence-corrected chi connectivity index (χ1v) is 6.40. The third-order valence-electron chi connectivity index (χ3n) is 4.61. The van der Waals surface area contributed by atoms with Crippen molar-refractivity contribution in [3.05, 3.63) is 0 Å². The molecule has 0 aromatic carbocycles. The minimum absolute atomic E-state index is 0.128. The Morgan fingerprint density at radius 3 is 3.00 bits per heavy atom. The molecule has 0 N–H and O–H groups in total. The van der Waals surface area contributed by atoms with Gasteiger partial charge in [0.1, 0.15) is 5.67 Å². The van der Waals surface area contributed by atoms with Gasteiger partial charge in [0, 0.05) is 23.8 Å². The van der Waals surface area contributed by atoms with E-state index in [0.29, 0.717) is 0 Å². The molecule has 0 spiro atoms. The molecule has 80 valence electrons. The summed E-state index contributed by atoms with van der Waals surface area (Å²) in [4.78, 5) is 2.45. The standard InChI is InChI=1S/C11H18FNS/c12-11-5-1-3-9(11)13-6-2-4-10(13,7-11)8-14/h9,14H,1-8H2/t9-,10+,11+/m0/s1. The number of hydrogen-bond acceptors (Lipinski definition) is 2. The summed E-state index contributed by atoms with van der Waals surface area (Å²) >= 11 is 4.45. The molecular weight excluding hydrogens is 197 g/mol. The monoisotopic (exact) mass is 215 g/mol. The van der Waals surface area contributed by atoms with E-state index in [1.807, 2.05) is 0 Å². The largest absolute Gasteiger partial charge is 0.291 e. The summed E-state index contributed by atoms with van der Waals surface area (Å²) in [5, 5.41) is 0. The molecule has 0 unspecified atom stereocenters. The van der Waals surface area contributed by atoms with Gasteiger partial charge in [-0.2, -0.15) is 12.6 Å². The Morgan fingerprint density at radius 2 is 2.21 bits per heavy atom. The molecule has 0 bridgehead atoms. The van der Waals surface area contributed by atoms with Gasteiger partial charge in [-0.15, -0.1) is 0 Å². The van der Waals surface area contributed by atoms with Crippen LogP contribution in [0.2, 0.25) is 0 Å². The fraction of sp³-hybridized carbons (Fsp3) is 1.00. The number of alkyl halides is 1. The van der Waals surface area contributed by atoms with Crippen LogP contribution in [0, 0.1) is 0 Å². The Kier molecular flexibility index (Phi) is 1.95. The quantitative estimate of drug-likeness (QED) is 0.657. The van der Waals surface area contributed by atoms with Crippen molar-refractivity contribution in [1.82, 2.24) is 4.90 Å². The predicted molar refractivity (Wildman–Crippen MR) is 58.6 cm³/mol. The summed E-state index contributed by atoms with van der Waals surface area (Å²) in [6.07, 6.45) is 6.12. The Hall–Kier alpha value is 0.240. The van der Waals surface area contributed by atoms with Crippen molar-refractivity contribution < 1.29 is 4.39 Å². The smallest absolute Gasteiger partial charge is 0.128 e. The molecule has 1 nitrogen and oxygen atoms in total. The molecular formula is C11H18FNS. The van der Waals surface area contributed by atoms with Crippen LogP contribution in [0.25, 0.3) is 0 Å². The molecule has 2 aliphatic heterocycles. The van der Waals surface area contributed by atoms with Crippen LogP contribution < -0.4 is 0 Å². The summed E-state index contributed by atoms with van der Waals surface area (Å²) in [5.74, 6) is 0.842. The van der Waals surface area contributed by atoms with Crippen LogP contribution >= 0.6 is 12.6 Å². The van der Waals surface area contributed by atoms with E-state index in [0.717, 1.165) is 38.0 Å². The van der Waals surface area contributed by atoms with Crippen molar-refractivity contribution in [1.29, 1.82) is 0 Å². The number of fused-ring (bicyclic) bond motifs is 3. The van der Waals surface area contributed by atoms with E-state index >= 15 is 0 Å². The number of nitrogens with zero attached hydrogens (tertiary/aromatic N) is 1. The molecule has 3 fully saturated rings. The molecule has 1 aliphatic carbocycles. The highest BCUT2D eigenvalue weighted by atomic mass is 32.1. The summed E-state index contributed by atoms with van der Waals surface area (Å²) in [6, 6.07) is 0.233. The Morgan fingerprint density at radius 1 is 1.36 bits per heavy atom. The molecule has 1 saturated carbocycles. The normalized spacial score (nSPS) is 52.3. The second-order valence-electron chi connectivity index (χ2n) is 5.30. The molecule has 0 radical (unpaired) electrons. The summed E-state index contributed by atoms with van der Waals surface area (Å²) in [6.45, 7) is 1.11. The highest BCUT2D eigenvalue weighted by Gasteiger charge is 2.62. The molecule has 0 aromatic rings. The van der Waals surface area contributed by atoms with E-state index in [2.05, 4.69) is 17.5 Å². The van der Waals surface area contributed by atoms with Crippen LogP contribution in [-0.2, 0) is 0 Å². The molecule has 14 heavy (non-hydrogen) atoms. The summed E-state index contributed by atoms with van der Waals surface area (Å²) in [7, 11) is 0. The van der Waals surface area contributed by atoms with E-state index in [4.69, 9.17) is 0 Å². The Balaban J connectivity index is 1.96. The van der Waals surface area contributed by atoms with Crippen molar-refractivity contribution >= 4 is 12.6 Å². The number of hydrogen-bond donors (Lipinski definition) is 1. The third-order valence-corrected chi connectivity index (χ3v) is 5.20. The number of halogens is 1. The molecule has 3 atom stereocenters. The summed E-state index contributed by atoms with van der Waals surface area (Å²) in [5.41, 5.74) is -0.730. The third kappa shape index (κ3) is 1.00. The average Bonchev–Trinajstić information content (AvgIpc) is 2.73. The lowest BCUT2D eigenvalue weighted by atomic mass is 9.88. The minimum atomic E-state index is -0.858. The van der Waals surface area contributed by atoms with Gasteiger partial charge in [-0.3, -0.25) is 4.90 Å². The van der Waals surface area contributed by atoms with Gasteiger partial charge in [-0.1, -0.05) is 0 Å². The van der Waals surface area contributed by atoms with E-state index in [1.54, 1.807) is 0 Å². The SMILES string of the molecule is F[C@@]12CCC[C@@H]1N1CCC[C@]1(CS)C2. The van der Waals surface area contributed by atoms with Crippen LogP contribution in [0.5, 0.6) is 0 Å². The zero-order chi connectivity index (χ0) is 9.81. The first kappa shape index (κ1) is 9.46. The minimum Gasteiger partial charge on any atom is -0.291 e. The molecule has 0 aromatic heterocycles. The van der Waals surface area contributed by atoms with Gasteiger partial charge in [0.05, 0.1) is 0 Å². The lowest BCUT2D eigenvalue weighted by molar-refractivity contribution is 0.121. The van der Waals surface area contributed by atoms with Crippen molar-refractivity contribution in [2.24, 2.45) is 0 Å². The second-order valence-corrected chi connectivity index (χ2v) is 5.62. The Bertz CT molecular complexity index is 260. The van der Waals surface area contributed by atoms with Crippen LogP contribution in [0.1, 0.15) is 38.5 Å². The van der Waals surface area contributed by atoms with E-state index in [1.165, 1.54) is 12.8 Å². The Labute approximate surface area is 90.5 Å². The van der Waals surface area contributed by atoms with Crippen LogP contribution in [-0.4, -0.2) is 34.4 Å². The van der Waals surface area contributed by atoms with E-state index < -0.39 is 5.67 Å². The van der Waals surface area contributed by atoms with Crippen LogP contribution in [0.15, 0.2) is 0 Å².